The van der Waals surface area contributed by atoms with E-state index in [2.05, 4.69) is 35.9 Å². The van der Waals surface area contributed by atoms with Crippen molar-refractivity contribution in [3.05, 3.63) is 0 Å². The van der Waals surface area contributed by atoms with Gasteiger partial charge in [0.2, 0.25) is 0 Å². The third kappa shape index (κ3) is 46.6. The van der Waals surface area contributed by atoms with Gasteiger partial charge in [-0.15, -0.1) is 25.6 Å². The molecule has 0 amide bonds. The summed E-state index contributed by atoms with van der Waals surface area (Å²) in [6.45, 7) is 0. The lowest BCUT2D eigenvalue weighted by atomic mass is 14.0. The Bertz CT molecular complexity index is 4.85. The molecule has 2 nitrogen and oxygen atoms in total. The van der Waals surface area contributed by atoms with E-state index in [-0.39, 0.29) is 13.5 Å². The van der Waals surface area contributed by atoms with Crippen LogP contribution in [0.25, 0.3) is 0 Å². The summed E-state index contributed by atoms with van der Waals surface area (Å²) in [5, 5.41) is 8.39. The average molecular weight is 132 g/mol. The van der Waals surface area contributed by atoms with Gasteiger partial charge in [-0.25, -0.2) is 0 Å². The molecule has 0 saturated heterocycles. The second kappa shape index (κ2) is 83.3. The zero-order valence-electron chi connectivity index (χ0n) is 2.55. The Morgan fingerprint density at radius 3 is 0.800 bits per heavy atom. The molecule has 0 aliphatic heterocycles. The number of nitrogens with two attached hydrogens (primary N) is 2. The molecule has 0 bridgehead atoms. The lowest BCUT2D eigenvalue weighted by Crippen LogP contribution is -1.49. The molecule has 0 spiro atoms. The van der Waals surface area contributed by atoms with Crippen molar-refractivity contribution in [2.75, 3.05) is 0 Å². The number of rotatable bonds is 0. The van der Waals surface area contributed by atoms with Crippen LogP contribution in [0.1, 0.15) is 0 Å². The van der Waals surface area contributed by atoms with E-state index in [0.717, 1.165) is 0 Å². The first-order valence-corrected chi connectivity index (χ1v) is 1.55. The number of hydrogen-bond donors (Lipinski definition) is 4. The maximum Gasteiger partial charge on any atom is -0.103 e. The number of hydrogen-bond acceptors (Lipinski definition) is 4. The highest BCUT2D eigenvalue weighted by Crippen LogP contribution is 1.12. The van der Waals surface area contributed by atoms with Crippen LogP contribution in [-0.4, -0.2) is 0 Å². The Labute approximate surface area is 49.8 Å². The van der Waals surface area contributed by atoms with Gasteiger partial charge in [-0.05, 0) is 0 Å². The smallest absolute Gasteiger partial charge is 0.103 e. The van der Waals surface area contributed by atoms with Crippen LogP contribution < -0.4 is 10.3 Å². The summed E-state index contributed by atoms with van der Waals surface area (Å²) in [6, 6.07) is 0. The first kappa shape index (κ1) is 16.7. The van der Waals surface area contributed by atoms with Gasteiger partial charge in [0, 0.05) is 0 Å². The first-order valence-electron chi connectivity index (χ1n) is 0.516. The topological polar surface area (TPSA) is 52.0 Å². The Balaban J connectivity index is -0.0000000133. The van der Waals surface area contributed by atoms with Gasteiger partial charge in [-0.2, -0.15) is 13.5 Å². The van der Waals surface area contributed by atoms with Gasteiger partial charge in [-0.1, -0.05) is 0 Å². The molecule has 0 radical (unpaired) electrons. The van der Waals surface area contributed by atoms with Crippen molar-refractivity contribution in [1.82, 2.24) is 0 Å². The van der Waals surface area contributed by atoms with Gasteiger partial charge < -0.3 is 0 Å². The molecule has 5 heavy (non-hydrogen) atoms. The highest BCUT2D eigenvalue weighted by atomic mass is 32.1. The van der Waals surface area contributed by atoms with Crippen molar-refractivity contribution in [2.24, 2.45) is 10.3 Å². The largest absolute Gasteiger partial charge is 0.281 e. The van der Waals surface area contributed by atoms with E-state index in [4.69, 9.17) is 0 Å². The molecular formula is H8N2S3. The lowest BCUT2D eigenvalue weighted by Gasteiger charge is -1.20. The zero-order valence-corrected chi connectivity index (χ0v) is 5.34. The van der Waals surface area contributed by atoms with E-state index < -0.39 is 0 Å². The van der Waals surface area contributed by atoms with Gasteiger partial charge in [-0.3, -0.25) is 10.3 Å². The monoisotopic (exact) mass is 132 g/mol. The van der Waals surface area contributed by atoms with Crippen molar-refractivity contribution in [1.29, 1.82) is 0 Å². The van der Waals surface area contributed by atoms with Gasteiger partial charge in [0.25, 0.3) is 0 Å². The first-order chi connectivity index (χ1) is 2.00. The Hall–Kier alpha value is 0.970. The normalized spacial score (nSPS) is 2.40. The van der Waals surface area contributed by atoms with E-state index in [9.17, 15) is 0 Å². The van der Waals surface area contributed by atoms with Crippen molar-refractivity contribution in [3.63, 3.8) is 0 Å². The summed E-state index contributed by atoms with van der Waals surface area (Å²) >= 11 is 6.06. The predicted molar refractivity (Wildman–Crippen MR) is 36.7 cm³/mol. The molecule has 0 aromatic rings. The van der Waals surface area contributed by atoms with Gasteiger partial charge in [0.15, 0.2) is 0 Å². The summed E-state index contributed by atoms with van der Waals surface area (Å²) in [4.78, 5) is 0. The number of thiol groups is 2. The Morgan fingerprint density at radius 2 is 0.800 bits per heavy atom. The molecule has 0 aliphatic carbocycles. The molecular weight excluding hydrogens is 124 g/mol. The SMILES string of the molecule is NS.NS.S. The molecule has 0 atom stereocenters. The van der Waals surface area contributed by atoms with E-state index in [1.165, 1.54) is 0 Å². The fourth-order valence-corrected chi connectivity index (χ4v) is 0. The highest BCUT2D eigenvalue weighted by Gasteiger charge is 0.814. The summed E-state index contributed by atoms with van der Waals surface area (Å²) in [5.74, 6) is 0. The summed E-state index contributed by atoms with van der Waals surface area (Å²) < 4.78 is 0. The molecule has 0 heterocycles. The van der Waals surface area contributed by atoms with E-state index >= 15 is 0 Å². The molecule has 5 heteroatoms. The fraction of sp³-hybridized carbons (Fsp3) is 0. The van der Waals surface area contributed by atoms with Gasteiger partial charge in [0.05, 0.1) is 0 Å². The summed E-state index contributed by atoms with van der Waals surface area (Å²) in [7, 11) is 0. The van der Waals surface area contributed by atoms with Gasteiger partial charge >= 0.3 is 0 Å². The molecule has 0 fully saturated rings. The summed E-state index contributed by atoms with van der Waals surface area (Å²) in [6.07, 6.45) is 0. The lowest BCUT2D eigenvalue weighted by molar-refractivity contribution is 2.08. The van der Waals surface area contributed by atoms with Crippen molar-refractivity contribution in [2.45, 2.75) is 0 Å². The highest BCUT2D eigenvalue weighted by molar-refractivity contribution is 7.77. The van der Waals surface area contributed by atoms with Crippen LogP contribution in [0.5, 0.6) is 0 Å². The van der Waals surface area contributed by atoms with E-state index in [1.807, 2.05) is 0 Å². The predicted octanol–water partition coefficient (Wildman–Crippen LogP) is -0.307. The second-order valence-electron chi connectivity index (χ2n) is 0. The Morgan fingerprint density at radius 1 is 0.800 bits per heavy atom. The molecule has 0 saturated carbocycles. The molecule has 0 aliphatic rings. The van der Waals surface area contributed by atoms with Crippen LogP contribution in [0, 0.1) is 0 Å². The van der Waals surface area contributed by atoms with Crippen LogP contribution >= 0.6 is 39.1 Å². The minimum absolute atomic E-state index is 0. The Kier molecular flexibility index (Phi) is 278. The van der Waals surface area contributed by atoms with Gasteiger partial charge in [0.1, 0.15) is 0 Å². The third-order valence-electron chi connectivity index (χ3n) is 0. The minimum atomic E-state index is 0. The molecule has 0 aromatic carbocycles. The van der Waals surface area contributed by atoms with Crippen molar-refractivity contribution < 1.29 is 0 Å². The van der Waals surface area contributed by atoms with Crippen LogP contribution in [0.15, 0.2) is 0 Å². The van der Waals surface area contributed by atoms with E-state index in [0.29, 0.717) is 0 Å². The molecule has 0 unspecified atom stereocenters. The van der Waals surface area contributed by atoms with Crippen LogP contribution in [0.4, 0.5) is 0 Å². The fourth-order valence-electron chi connectivity index (χ4n) is 0. The van der Waals surface area contributed by atoms with Crippen molar-refractivity contribution in [3.8, 4) is 0 Å². The molecule has 0 aromatic heterocycles. The molecule has 4 N–H and O–H groups in total. The molecule has 0 rings (SSSR count). The van der Waals surface area contributed by atoms with Crippen LogP contribution in [-0.2, 0) is 0 Å². The second-order valence-corrected chi connectivity index (χ2v) is 0. The van der Waals surface area contributed by atoms with E-state index in [1.54, 1.807) is 0 Å². The minimum Gasteiger partial charge on any atom is -0.281 e. The van der Waals surface area contributed by atoms with Crippen LogP contribution in [0.2, 0.25) is 0 Å². The zero-order chi connectivity index (χ0) is 4.00. The average Bonchev–Trinajstić information content (AvgIpc) is 1.50. The maximum absolute atomic E-state index is 4.19. The molecule has 36 valence electrons. The standard InChI is InChI=1S/2H3NS.H2S/c2*1-2;/h2*2H,1H2;1H2. The quantitative estimate of drug-likeness (QED) is 0.342. The summed E-state index contributed by atoms with van der Waals surface area (Å²) in [5.41, 5.74) is 0. The third-order valence-corrected chi connectivity index (χ3v) is 0. The maximum atomic E-state index is 4.19. The van der Waals surface area contributed by atoms with Crippen molar-refractivity contribution >= 4 is 39.1 Å². The van der Waals surface area contributed by atoms with Crippen LogP contribution in [0.3, 0.4) is 0 Å².